The van der Waals surface area contributed by atoms with Crippen LogP contribution in [0.4, 0.5) is 5.95 Å². The second kappa shape index (κ2) is 8.39. The Labute approximate surface area is 165 Å². The van der Waals surface area contributed by atoms with E-state index >= 15 is 0 Å². The highest BCUT2D eigenvalue weighted by Crippen LogP contribution is 2.25. The lowest BCUT2D eigenvalue weighted by Gasteiger charge is -2.23. The lowest BCUT2D eigenvalue weighted by molar-refractivity contribution is 0.272. The third-order valence-electron chi connectivity index (χ3n) is 5.22. The van der Waals surface area contributed by atoms with Crippen LogP contribution in [0.2, 0.25) is 0 Å². The molecule has 1 saturated heterocycles. The van der Waals surface area contributed by atoms with Gasteiger partial charge in [0.1, 0.15) is 11.5 Å². The van der Waals surface area contributed by atoms with Crippen LogP contribution in [0, 0.1) is 0 Å². The van der Waals surface area contributed by atoms with E-state index in [1.54, 1.807) is 0 Å². The average molecular weight is 378 g/mol. The molecule has 7 heteroatoms. The molecule has 0 spiro atoms. The Morgan fingerprint density at radius 3 is 2.43 bits per heavy atom. The third kappa shape index (κ3) is 4.14. The summed E-state index contributed by atoms with van der Waals surface area (Å²) in [5, 5.41) is 12.5. The molecule has 0 amide bonds. The van der Waals surface area contributed by atoms with Crippen LogP contribution in [0.15, 0.2) is 54.6 Å². The molecule has 0 bridgehead atoms. The van der Waals surface area contributed by atoms with Crippen molar-refractivity contribution in [2.75, 3.05) is 32.1 Å². The van der Waals surface area contributed by atoms with Crippen molar-refractivity contribution in [1.82, 2.24) is 25.1 Å². The maximum absolute atomic E-state index is 5.87. The molecule has 2 heterocycles. The molecule has 1 atom stereocenters. The summed E-state index contributed by atoms with van der Waals surface area (Å²) in [5.74, 6) is 2.41. The van der Waals surface area contributed by atoms with E-state index in [0.29, 0.717) is 6.04 Å². The van der Waals surface area contributed by atoms with Gasteiger partial charge in [-0.05, 0) is 80.2 Å². The Bertz CT molecular complexity index is 877. The van der Waals surface area contributed by atoms with Crippen LogP contribution in [0.1, 0.15) is 19.3 Å². The van der Waals surface area contributed by atoms with Crippen LogP contribution in [-0.4, -0.2) is 58.3 Å². The molecule has 4 rings (SSSR count). The molecule has 1 aliphatic heterocycles. The number of ether oxygens (including phenoxy) is 1. The van der Waals surface area contributed by atoms with E-state index in [1.807, 2.05) is 59.3 Å². The largest absolute Gasteiger partial charge is 0.457 e. The highest BCUT2D eigenvalue weighted by atomic mass is 16.5. The van der Waals surface area contributed by atoms with Crippen LogP contribution in [0.3, 0.4) is 0 Å². The molecular formula is C21H26N6O. The van der Waals surface area contributed by atoms with Crippen LogP contribution in [0.5, 0.6) is 11.5 Å². The minimum atomic E-state index is 0.615. The topological polar surface area (TPSA) is 59.3 Å². The first-order valence-electron chi connectivity index (χ1n) is 9.74. The van der Waals surface area contributed by atoms with Crippen molar-refractivity contribution in [3.05, 3.63) is 54.6 Å². The van der Waals surface area contributed by atoms with Crippen LogP contribution < -0.4 is 9.64 Å². The van der Waals surface area contributed by atoms with Crippen molar-refractivity contribution < 1.29 is 4.74 Å². The smallest absolute Gasteiger partial charge is 0.250 e. The van der Waals surface area contributed by atoms with Crippen LogP contribution in [0.25, 0.3) is 5.69 Å². The maximum atomic E-state index is 5.87. The number of rotatable bonds is 5. The molecule has 1 aliphatic rings. The fourth-order valence-electron chi connectivity index (χ4n) is 3.62. The van der Waals surface area contributed by atoms with Crippen molar-refractivity contribution in [3.63, 3.8) is 0 Å². The van der Waals surface area contributed by atoms with Gasteiger partial charge >= 0.3 is 0 Å². The number of para-hydroxylation sites is 1. The monoisotopic (exact) mass is 378 g/mol. The second-order valence-electron chi connectivity index (χ2n) is 7.34. The molecule has 0 aliphatic carbocycles. The summed E-state index contributed by atoms with van der Waals surface area (Å²) < 4.78 is 7.68. The minimum Gasteiger partial charge on any atom is -0.457 e. The Morgan fingerprint density at radius 1 is 0.929 bits per heavy atom. The minimum absolute atomic E-state index is 0.615. The van der Waals surface area contributed by atoms with Gasteiger partial charge in [-0.2, -0.15) is 4.68 Å². The highest BCUT2D eigenvalue weighted by Gasteiger charge is 2.22. The zero-order valence-corrected chi connectivity index (χ0v) is 16.4. The summed E-state index contributed by atoms with van der Waals surface area (Å²) in [5.41, 5.74) is 0.925. The first-order valence-corrected chi connectivity index (χ1v) is 9.74. The summed E-state index contributed by atoms with van der Waals surface area (Å²) in [6, 6.07) is 18.2. The van der Waals surface area contributed by atoms with Crippen LogP contribution in [-0.2, 0) is 0 Å². The Kier molecular flexibility index (Phi) is 5.53. The number of nitrogens with zero attached hydrogens (tertiary/aromatic N) is 6. The van der Waals surface area contributed by atoms with Crippen molar-refractivity contribution in [1.29, 1.82) is 0 Å². The number of aromatic nitrogens is 4. The first-order chi connectivity index (χ1) is 13.7. The molecule has 1 fully saturated rings. The molecule has 1 aromatic heterocycles. The van der Waals surface area contributed by atoms with E-state index in [0.717, 1.165) is 49.1 Å². The van der Waals surface area contributed by atoms with Crippen molar-refractivity contribution in [2.24, 2.45) is 0 Å². The molecule has 0 radical (unpaired) electrons. The van der Waals surface area contributed by atoms with Crippen molar-refractivity contribution in [2.45, 2.75) is 25.3 Å². The molecule has 3 aromatic rings. The summed E-state index contributed by atoms with van der Waals surface area (Å²) in [4.78, 5) is 4.61. The van der Waals surface area contributed by atoms with Gasteiger partial charge in [-0.25, -0.2) is 0 Å². The third-order valence-corrected chi connectivity index (χ3v) is 5.22. The zero-order chi connectivity index (χ0) is 19.3. The van der Waals surface area contributed by atoms with Crippen molar-refractivity contribution in [3.8, 4) is 17.2 Å². The quantitative estimate of drug-likeness (QED) is 0.678. The van der Waals surface area contributed by atoms with E-state index in [-0.39, 0.29) is 0 Å². The van der Waals surface area contributed by atoms with Crippen LogP contribution >= 0.6 is 0 Å². The van der Waals surface area contributed by atoms with E-state index < -0.39 is 0 Å². The molecule has 7 nitrogen and oxygen atoms in total. The standard InChI is InChI=1S/C21H26N6O/c1-25(2)17-7-6-15-26(16-14-17)21-22-23-24-27(21)18-10-12-20(13-11-18)28-19-8-4-3-5-9-19/h3-5,8-13,17H,6-7,14-16H2,1-2H3. The van der Waals surface area contributed by atoms with E-state index in [2.05, 4.69) is 39.4 Å². The van der Waals surface area contributed by atoms with Gasteiger partial charge in [0, 0.05) is 19.1 Å². The van der Waals surface area contributed by atoms with Gasteiger partial charge in [0.25, 0.3) is 0 Å². The first kappa shape index (κ1) is 18.4. The number of hydrogen-bond acceptors (Lipinski definition) is 6. The average Bonchev–Trinajstić information content (AvgIpc) is 3.06. The number of hydrogen-bond donors (Lipinski definition) is 0. The fourth-order valence-corrected chi connectivity index (χ4v) is 3.62. The fraction of sp³-hybridized carbons (Fsp3) is 0.381. The summed E-state index contributed by atoms with van der Waals surface area (Å²) in [7, 11) is 4.31. The normalized spacial score (nSPS) is 17.5. The van der Waals surface area contributed by atoms with Gasteiger partial charge < -0.3 is 14.5 Å². The van der Waals surface area contributed by atoms with Gasteiger partial charge in [-0.3, -0.25) is 0 Å². The molecule has 28 heavy (non-hydrogen) atoms. The van der Waals surface area contributed by atoms with E-state index in [1.165, 1.54) is 6.42 Å². The van der Waals surface area contributed by atoms with Gasteiger partial charge in [0.2, 0.25) is 5.95 Å². The molecular weight excluding hydrogens is 352 g/mol. The number of tetrazole rings is 1. The van der Waals surface area contributed by atoms with E-state index in [9.17, 15) is 0 Å². The van der Waals surface area contributed by atoms with Gasteiger partial charge in [0.05, 0.1) is 5.69 Å². The molecule has 146 valence electrons. The Balaban J connectivity index is 1.49. The number of benzene rings is 2. The lowest BCUT2D eigenvalue weighted by Crippen LogP contribution is -2.31. The SMILES string of the molecule is CN(C)C1CCCN(c2nnnn2-c2ccc(Oc3ccccc3)cc2)CC1. The summed E-state index contributed by atoms with van der Waals surface area (Å²) in [6.45, 7) is 1.93. The summed E-state index contributed by atoms with van der Waals surface area (Å²) >= 11 is 0. The molecule has 0 N–H and O–H groups in total. The van der Waals surface area contributed by atoms with Gasteiger partial charge in [-0.1, -0.05) is 23.3 Å². The Hall–Kier alpha value is -2.93. The van der Waals surface area contributed by atoms with Gasteiger partial charge in [0.15, 0.2) is 0 Å². The number of anilines is 1. The van der Waals surface area contributed by atoms with E-state index in [4.69, 9.17) is 4.74 Å². The second-order valence-corrected chi connectivity index (χ2v) is 7.34. The van der Waals surface area contributed by atoms with Crippen molar-refractivity contribution >= 4 is 5.95 Å². The lowest BCUT2D eigenvalue weighted by atomic mass is 10.1. The predicted octanol–water partition coefficient (Wildman–Crippen LogP) is 3.38. The zero-order valence-electron chi connectivity index (χ0n) is 16.4. The molecule has 2 aromatic carbocycles. The molecule has 0 saturated carbocycles. The predicted molar refractivity (Wildman–Crippen MR) is 109 cm³/mol. The van der Waals surface area contributed by atoms with Gasteiger partial charge in [-0.15, -0.1) is 0 Å². The maximum Gasteiger partial charge on any atom is 0.250 e. The Morgan fingerprint density at radius 2 is 1.68 bits per heavy atom. The highest BCUT2D eigenvalue weighted by molar-refractivity contribution is 5.44. The molecule has 1 unspecified atom stereocenters. The summed E-state index contributed by atoms with van der Waals surface area (Å²) in [6.07, 6.45) is 3.46.